The number of rotatable bonds is 12. The van der Waals surface area contributed by atoms with Crippen molar-refractivity contribution in [1.82, 2.24) is 5.32 Å². The quantitative estimate of drug-likeness (QED) is 0.480. The van der Waals surface area contributed by atoms with E-state index in [-0.39, 0.29) is 24.7 Å². The van der Waals surface area contributed by atoms with Crippen LogP contribution in [0.3, 0.4) is 0 Å². The lowest BCUT2D eigenvalue weighted by atomic mass is 10.0. The van der Waals surface area contributed by atoms with Crippen molar-refractivity contribution in [2.75, 3.05) is 0 Å². The molecule has 0 aliphatic rings. The van der Waals surface area contributed by atoms with Crippen LogP contribution in [0.2, 0.25) is 0 Å². The standard InChI is InChI=1S/C15H27NO5/c1-3-4-5-6-7-8-11(2)14(19)16-12(15(20)21)9-10-13(17)18/h11-12H,3-10H2,1-2H3,(H,16,19)(H,17,18)(H,20,21). The molecule has 0 fully saturated rings. The molecule has 0 aromatic rings. The Hall–Kier alpha value is -1.59. The van der Waals surface area contributed by atoms with E-state index in [0.717, 1.165) is 25.7 Å². The first-order valence-corrected chi connectivity index (χ1v) is 7.63. The molecular weight excluding hydrogens is 274 g/mol. The zero-order valence-electron chi connectivity index (χ0n) is 12.9. The summed E-state index contributed by atoms with van der Waals surface area (Å²) in [5.41, 5.74) is 0. The monoisotopic (exact) mass is 301 g/mol. The molecule has 0 spiro atoms. The van der Waals surface area contributed by atoms with Gasteiger partial charge in [-0.3, -0.25) is 9.59 Å². The fourth-order valence-corrected chi connectivity index (χ4v) is 2.02. The van der Waals surface area contributed by atoms with Gasteiger partial charge in [0.05, 0.1) is 0 Å². The lowest BCUT2D eigenvalue weighted by molar-refractivity contribution is -0.143. The van der Waals surface area contributed by atoms with Gasteiger partial charge in [0.2, 0.25) is 5.91 Å². The minimum absolute atomic E-state index is 0.0976. The average Bonchev–Trinajstić information content (AvgIpc) is 2.42. The Morgan fingerprint density at radius 1 is 1.00 bits per heavy atom. The molecule has 0 radical (unpaired) electrons. The van der Waals surface area contributed by atoms with Crippen molar-refractivity contribution in [3.05, 3.63) is 0 Å². The van der Waals surface area contributed by atoms with Gasteiger partial charge in [-0.25, -0.2) is 4.79 Å². The van der Waals surface area contributed by atoms with Gasteiger partial charge in [-0.2, -0.15) is 0 Å². The van der Waals surface area contributed by atoms with Crippen LogP contribution in [0.25, 0.3) is 0 Å². The number of aliphatic carboxylic acids is 2. The van der Waals surface area contributed by atoms with Crippen molar-refractivity contribution in [2.24, 2.45) is 5.92 Å². The summed E-state index contributed by atoms with van der Waals surface area (Å²) in [4.78, 5) is 33.4. The van der Waals surface area contributed by atoms with Crippen LogP contribution in [0.1, 0.15) is 65.2 Å². The minimum atomic E-state index is -1.19. The Morgan fingerprint density at radius 3 is 2.14 bits per heavy atom. The van der Waals surface area contributed by atoms with Crippen LogP contribution in [-0.4, -0.2) is 34.1 Å². The van der Waals surface area contributed by atoms with Crippen LogP contribution in [0, 0.1) is 5.92 Å². The van der Waals surface area contributed by atoms with E-state index < -0.39 is 18.0 Å². The van der Waals surface area contributed by atoms with Crippen molar-refractivity contribution < 1.29 is 24.6 Å². The molecule has 0 aliphatic heterocycles. The number of hydrogen-bond donors (Lipinski definition) is 3. The molecule has 0 bridgehead atoms. The van der Waals surface area contributed by atoms with Crippen molar-refractivity contribution in [3.8, 4) is 0 Å². The summed E-state index contributed by atoms with van der Waals surface area (Å²) in [5.74, 6) is -2.83. The Balaban J connectivity index is 4.10. The zero-order valence-corrected chi connectivity index (χ0v) is 12.9. The van der Waals surface area contributed by atoms with Crippen LogP contribution >= 0.6 is 0 Å². The normalized spacial score (nSPS) is 13.4. The number of carboxylic acid groups (broad SMARTS) is 2. The van der Waals surface area contributed by atoms with E-state index >= 15 is 0 Å². The van der Waals surface area contributed by atoms with Crippen molar-refractivity contribution in [3.63, 3.8) is 0 Å². The van der Waals surface area contributed by atoms with E-state index in [2.05, 4.69) is 12.2 Å². The summed E-state index contributed by atoms with van der Waals surface area (Å²) >= 11 is 0. The predicted molar refractivity (Wildman–Crippen MR) is 79.0 cm³/mol. The predicted octanol–water partition coefficient (Wildman–Crippen LogP) is 2.42. The van der Waals surface area contributed by atoms with Gasteiger partial charge in [-0.05, 0) is 12.8 Å². The van der Waals surface area contributed by atoms with E-state index in [0.29, 0.717) is 0 Å². The number of amides is 1. The SMILES string of the molecule is CCCCCCCC(C)C(=O)NC(CCC(=O)O)C(=O)O. The van der Waals surface area contributed by atoms with Crippen molar-refractivity contribution >= 4 is 17.8 Å². The maximum absolute atomic E-state index is 11.9. The highest BCUT2D eigenvalue weighted by Gasteiger charge is 2.23. The number of carbonyl (C=O) groups excluding carboxylic acids is 1. The smallest absolute Gasteiger partial charge is 0.326 e. The third-order valence-corrected chi connectivity index (χ3v) is 3.45. The number of hydrogen-bond acceptors (Lipinski definition) is 3. The van der Waals surface area contributed by atoms with Gasteiger partial charge in [0.1, 0.15) is 6.04 Å². The highest BCUT2D eigenvalue weighted by Crippen LogP contribution is 2.12. The van der Waals surface area contributed by atoms with Crippen LogP contribution in [0.15, 0.2) is 0 Å². The second-order valence-corrected chi connectivity index (χ2v) is 5.44. The van der Waals surface area contributed by atoms with Gasteiger partial charge in [0.15, 0.2) is 0 Å². The molecule has 1 amide bonds. The second kappa shape index (κ2) is 11.1. The Labute approximate surface area is 125 Å². The van der Waals surface area contributed by atoms with Gasteiger partial charge >= 0.3 is 11.9 Å². The Morgan fingerprint density at radius 2 is 1.62 bits per heavy atom. The molecule has 6 heteroatoms. The lowest BCUT2D eigenvalue weighted by Crippen LogP contribution is -2.43. The van der Waals surface area contributed by atoms with Crippen LogP contribution in [0.4, 0.5) is 0 Å². The van der Waals surface area contributed by atoms with Gasteiger partial charge in [0, 0.05) is 12.3 Å². The zero-order chi connectivity index (χ0) is 16.3. The van der Waals surface area contributed by atoms with Gasteiger partial charge in [-0.15, -0.1) is 0 Å². The van der Waals surface area contributed by atoms with E-state index in [1.54, 1.807) is 6.92 Å². The summed E-state index contributed by atoms with van der Waals surface area (Å²) in [6, 6.07) is -1.13. The number of unbranched alkanes of at least 4 members (excludes halogenated alkanes) is 4. The molecule has 21 heavy (non-hydrogen) atoms. The first-order valence-electron chi connectivity index (χ1n) is 7.63. The summed E-state index contributed by atoms with van der Waals surface area (Å²) in [7, 11) is 0. The molecule has 0 rings (SSSR count). The molecule has 6 nitrogen and oxygen atoms in total. The number of carbonyl (C=O) groups is 3. The second-order valence-electron chi connectivity index (χ2n) is 5.44. The summed E-state index contributed by atoms with van der Waals surface area (Å²) in [6.45, 7) is 3.91. The molecule has 0 aliphatic carbocycles. The molecule has 2 atom stereocenters. The van der Waals surface area contributed by atoms with E-state index in [1.807, 2.05) is 0 Å². The highest BCUT2D eigenvalue weighted by atomic mass is 16.4. The summed E-state index contributed by atoms with van der Waals surface area (Å²) in [6.07, 6.45) is 5.88. The van der Waals surface area contributed by atoms with E-state index in [1.165, 1.54) is 12.8 Å². The molecule has 0 saturated carbocycles. The summed E-state index contributed by atoms with van der Waals surface area (Å²) in [5, 5.41) is 20.0. The van der Waals surface area contributed by atoms with Gasteiger partial charge in [-0.1, -0.05) is 46.0 Å². The molecule has 0 aromatic heterocycles. The lowest BCUT2D eigenvalue weighted by Gasteiger charge is -2.17. The third kappa shape index (κ3) is 9.87. The topological polar surface area (TPSA) is 104 Å². The number of nitrogens with one attached hydrogen (secondary N) is 1. The van der Waals surface area contributed by atoms with Gasteiger partial charge < -0.3 is 15.5 Å². The van der Waals surface area contributed by atoms with Crippen molar-refractivity contribution in [1.29, 1.82) is 0 Å². The molecule has 122 valence electrons. The van der Waals surface area contributed by atoms with E-state index in [4.69, 9.17) is 10.2 Å². The molecule has 0 heterocycles. The Bertz CT molecular complexity index is 343. The maximum atomic E-state index is 11.9. The molecular formula is C15H27NO5. The van der Waals surface area contributed by atoms with Crippen LogP contribution in [-0.2, 0) is 14.4 Å². The Kier molecular flexibility index (Phi) is 10.3. The highest BCUT2D eigenvalue weighted by molar-refractivity contribution is 5.85. The number of carboxylic acids is 2. The molecule has 0 aromatic carbocycles. The fourth-order valence-electron chi connectivity index (χ4n) is 2.02. The maximum Gasteiger partial charge on any atom is 0.326 e. The first-order chi connectivity index (χ1) is 9.88. The van der Waals surface area contributed by atoms with Gasteiger partial charge in [0.25, 0.3) is 0 Å². The first kappa shape index (κ1) is 19.4. The van der Waals surface area contributed by atoms with Crippen LogP contribution < -0.4 is 5.32 Å². The van der Waals surface area contributed by atoms with Crippen molar-refractivity contribution in [2.45, 2.75) is 71.3 Å². The third-order valence-electron chi connectivity index (χ3n) is 3.45. The minimum Gasteiger partial charge on any atom is -0.481 e. The van der Waals surface area contributed by atoms with E-state index in [9.17, 15) is 14.4 Å². The molecule has 2 unspecified atom stereocenters. The van der Waals surface area contributed by atoms with Crippen LogP contribution in [0.5, 0.6) is 0 Å². The molecule has 0 saturated heterocycles. The largest absolute Gasteiger partial charge is 0.481 e. The average molecular weight is 301 g/mol. The molecule has 3 N–H and O–H groups in total. The fraction of sp³-hybridized carbons (Fsp3) is 0.800. The summed E-state index contributed by atoms with van der Waals surface area (Å²) < 4.78 is 0.